The second-order valence-electron chi connectivity index (χ2n) is 6.25. The minimum Gasteiger partial charge on any atom is -0.504 e. The molecule has 118 valence electrons. The molecule has 4 rings (SSSR count). The van der Waals surface area contributed by atoms with E-state index in [2.05, 4.69) is 5.32 Å². The quantitative estimate of drug-likeness (QED) is 0.806. The van der Waals surface area contributed by atoms with Gasteiger partial charge in [-0.15, -0.1) is 0 Å². The summed E-state index contributed by atoms with van der Waals surface area (Å²) >= 11 is 0. The number of hydrogen-bond acceptors (Lipinski definition) is 3. The van der Waals surface area contributed by atoms with E-state index in [1.165, 1.54) is 24.0 Å². The maximum atomic E-state index is 10.4. The maximum absolute atomic E-state index is 10.4. The summed E-state index contributed by atoms with van der Waals surface area (Å²) in [6, 6.07) is 13.8. The predicted molar refractivity (Wildman–Crippen MR) is 92.8 cm³/mol. The zero-order valence-electron chi connectivity index (χ0n) is 13.1. The van der Waals surface area contributed by atoms with Gasteiger partial charge in [0.2, 0.25) is 0 Å². The summed E-state index contributed by atoms with van der Waals surface area (Å²) in [6.45, 7) is 1.39. The van der Waals surface area contributed by atoms with E-state index >= 15 is 0 Å². The van der Waals surface area contributed by atoms with Gasteiger partial charge < -0.3 is 15.2 Å². The van der Waals surface area contributed by atoms with Gasteiger partial charge in [0.05, 0.1) is 0 Å². The Morgan fingerprint density at radius 3 is 2.70 bits per heavy atom. The molecule has 2 N–H and O–H groups in total. The zero-order valence-corrected chi connectivity index (χ0v) is 13.1. The van der Waals surface area contributed by atoms with Crippen molar-refractivity contribution in [3.05, 3.63) is 59.2 Å². The number of ether oxygens (including phenoxy) is 1. The van der Waals surface area contributed by atoms with Crippen LogP contribution in [0.5, 0.6) is 11.5 Å². The van der Waals surface area contributed by atoms with Crippen LogP contribution in [0.1, 0.15) is 36.8 Å². The van der Waals surface area contributed by atoms with Gasteiger partial charge in [0, 0.05) is 17.8 Å². The first kappa shape index (κ1) is 14.2. The van der Waals surface area contributed by atoms with Gasteiger partial charge in [-0.1, -0.05) is 30.3 Å². The van der Waals surface area contributed by atoms with Gasteiger partial charge in [-0.3, -0.25) is 0 Å². The van der Waals surface area contributed by atoms with E-state index in [1.54, 1.807) is 6.07 Å². The van der Waals surface area contributed by atoms with Crippen LogP contribution in [0.4, 0.5) is 5.69 Å². The second kappa shape index (κ2) is 5.99. The van der Waals surface area contributed by atoms with Crippen molar-refractivity contribution in [3.63, 3.8) is 0 Å². The molecule has 0 spiro atoms. The van der Waals surface area contributed by atoms with Crippen LogP contribution in [0.3, 0.4) is 0 Å². The number of anilines is 1. The Kier molecular flexibility index (Phi) is 3.70. The number of allylic oxidation sites excluding steroid dienone is 1. The molecule has 1 aliphatic heterocycles. The number of benzene rings is 2. The Morgan fingerprint density at radius 2 is 1.83 bits per heavy atom. The second-order valence-corrected chi connectivity index (χ2v) is 6.25. The van der Waals surface area contributed by atoms with Gasteiger partial charge in [-0.05, 0) is 54.5 Å². The first-order valence-corrected chi connectivity index (χ1v) is 8.31. The van der Waals surface area contributed by atoms with Crippen LogP contribution in [0.2, 0.25) is 0 Å². The number of aromatic hydroxyl groups is 1. The average Bonchev–Trinajstić information content (AvgIpc) is 2.61. The highest BCUT2D eigenvalue weighted by Crippen LogP contribution is 2.47. The van der Waals surface area contributed by atoms with Crippen LogP contribution in [-0.4, -0.2) is 11.7 Å². The van der Waals surface area contributed by atoms with Crippen molar-refractivity contribution in [2.75, 3.05) is 11.9 Å². The molecule has 0 bridgehead atoms. The average molecular weight is 307 g/mol. The molecule has 2 aromatic carbocycles. The number of phenols is 1. The van der Waals surface area contributed by atoms with E-state index in [-0.39, 0.29) is 5.75 Å². The fraction of sp³-hybridized carbons (Fsp3) is 0.300. The molecule has 3 heteroatoms. The molecule has 1 aliphatic carbocycles. The molecule has 0 radical (unpaired) electrons. The highest BCUT2D eigenvalue weighted by Gasteiger charge is 2.26. The topological polar surface area (TPSA) is 41.5 Å². The molecule has 0 aromatic heterocycles. The number of phenolic OH excluding ortho intramolecular Hbond substituents is 1. The summed E-state index contributed by atoms with van der Waals surface area (Å²) < 4.78 is 6.05. The van der Waals surface area contributed by atoms with Gasteiger partial charge >= 0.3 is 0 Å². The van der Waals surface area contributed by atoms with Crippen molar-refractivity contribution >= 4 is 11.3 Å². The van der Waals surface area contributed by atoms with E-state index in [0.717, 1.165) is 36.2 Å². The van der Waals surface area contributed by atoms with Crippen LogP contribution >= 0.6 is 0 Å². The van der Waals surface area contributed by atoms with Crippen LogP contribution in [0.25, 0.3) is 5.57 Å². The molecule has 0 fully saturated rings. The lowest BCUT2D eigenvalue weighted by molar-refractivity contribution is 0.288. The molecule has 2 aliphatic rings. The molecule has 0 atom stereocenters. The van der Waals surface area contributed by atoms with Crippen LogP contribution in [0.15, 0.2) is 48.0 Å². The number of rotatable bonds is 3. The van der Waals surface area contributed by atoms with Crippen LogP contribution in [-0.2, 0) is 6.61 Å². The Labute approximate surface area is 136 Å². The first-order chi connectivity index (χ1) is 11.3. The van der Waals surface area contributed by atoms with E-state index in [1.807, 2.05) is 36.4 Å². The largest absolute Gasteiger partial charge is 0.504 e. The van der Waals surface area contributed by atoms with Gasteiger partial charge in [-0.25, -0.2) is 0 Å². The lowest BCUT2D eigenvalue weighted by Gasteiger charge is -2.30. The Balaban J connectivity index is 1.71. The normalized spacial score (nSPS) is 16.3. The fourth-order valence-corrected chi connectivity index (χ4v) is 3.56. The Morgan fingerprint density at radius 1 is 1.00 bits per heavy atom. The molecule has 0 saturated carbocycles. The highest BCUT2D eigenvalue weighted by molar-refractivity contribution is 5.87. The van der Waals surface area contributed by atoms with E-state index < -0.39 is 0 Å². The van der Waals surface area contributed by atoms with Crippen molar-refractivity contribution in [1.82, 2.24) is 0 Å². The number of hydrogen-bond donors (Lipinski definition) is 2. The fourth-order valence-electron chi connectivity index (χ4n) is 3.56. The van der Waals surface area contributed by atoms with E-state index in [0.29, 0.717) is 12.4 Å². The summed E-state index contributed by atoms with van der Waals surface area (Å²) in [5, 5.41) is 13.8. The summed E-state index contributed by atoms with van der Waals surface area (Å²) in [5.41, 5.74) is 6.10. The molecule has 1 heterocycles. The lowest BCUT2D eigenvalue weighted by Crippen LogP contribution is -2.17. The summed E-state index contributed by atoms with van der Waals surface area (Å²) in [7, 11) is 0. The summed E-state index contributed by atoms with van der Waals surface area (Å²) in [6.07, 6.45) is 4.70. The molecule has 23 heavy (non-hydrogen) atoms. The zero-order chi connectivity index (χ0) is 15.6. The monoisotopic (exact) mass is 307 g/mol. The number of nitrogens with one attached hydrogen (secondary N) is 1. The molecule has 2 aromatic rings. The van der Waals surface area contributed by atoms with E-state index in [9.17, 15) is 5.11 Å². The van der Waals surface area contributed by atoms with Gasteiger partial charge in [-0.2, -0.15) is 0 Å². The molecular formula is C20H21NO2. The third-order valence-electron chi connectivity index (χ3n) is 4.74. The minimum atomic E-state index is 0.223. The van der Waals surface area contributed by atoms with Crippen LogP contribution < -0.4 is 10.1 Å². The van der Waals surface area contributed by atoms with Gasteiger partial charge in [0.1, 0.15) is 6.61 Å². The van der Waals surface area contributed by atoms with Gasteiger partial charge in [0.25, 0.3) is 0 Å². The van der Waals surface area contributed by atoms with Crippen molar-refractivity contribution in [2.24, 2.45) is 0 Å². The minimum absolute atomic E-state index is 0.223. The van der Waals surface area contributed by atoms with E-state index in [4.69, 9.17) is 4.74 Å². The summed E-state index contributed by atoms with van der Waals surface area (Å²) in [4.78, 5) is 0. The van der Waals surface area contributed by atoms with Crippen molar-refractivity contribution in [3.8, 4) is 11.5 Å². The summed E-state index contributed by atoms with van der Waals surface area (Å²) in [5.74, 6) is 0.841. The third kappa shape index (κ3) is 2.67. The van der Waals surface area contributed by atoms with Crippen molar-refractivity contribution < 1.29 is 9.84 Å². The Bertz CT molecular complexity index is 750. The molecule has 3 nitrogen and oxygen atoms in total. The van der Waals surface area contributed by atoms with Crippen molar-refractivity contribution in [1.29, 1.82) is 0 Å². The molecule has 0 saturated heterocycles. The SMILES string of the molecule is Oc1ccc2c(c1OCc1ccccc1)C1=C(CCCC1)CN2. The number of fused-ring (bicyclic) bond motifs is 2. The van der Waals surface area contributed by atoms with Crippen molar-refractivity contribution in [2.45, 2.75) is 32.3 Å². The standard InChI is InChI=1S/C20H21NO2/c22-18-11-10-17-19(16-9-5-4-8-15(16)12-21-17)20(18)23-13-14-6-2-1-3-7-14/h1-3,6-7,10-11,21-22H,4-5,8-9,12-13H2. The smallest absolute Gasteiger partial charge is 0.170 e. The molecular weight excluding hydrogens is 286 g/mol. The highest BCUT2D eigenvalue weighted by atomic mass is 16.5. The maximum Gasteiger partial charge on any atom is 0.170 e. The molecule has 0 unspecified atom stereocenters. The first-order valence-electron chi connectivity index (χ1n) is 8.31. The third-order valence-corrected chi connectivity index (χ3v) is 4.74. The Hall–Kier alpha value is -2.42. The van der Waals surface area contributed by atoms with Crippen LogP contribution in [0, 0.1) is 0 Å². The lowest BCUT2D eigenvalue weighted by atomic mass is 9.84. The molecule has 0 amide bonds. The predicted octanol–water partition coefficient (Wildman–Crippen LogP) is 4.72. The van der Waals surface area contributed by atoms with Gasteiger partial charge in [0.15, 0.2) is 11.5 Å².